The van der Waals surface area contributed by atoms with Crippen molar-refractivity contribution in [2.75, 3.05) is 5.32 Å². The largest absolute Gasteiger partial charge is 0.408 e. The maximum absolute atomic E-state index is 12.9. The second kappa shape index (κ2) is 9.28. The van der Waals surface area contributed by atoms with Crippen LogP contribution in [0.4, 0.5) is 24.7 Å². The predicted octanol–water partition coefficient (Wildman–Crippen LogP) is 5.05. The molecule has 0 bridgehead atoms. The fraction of sp³-hybridized carbons (Fsp3) is 0.240. The van der Waals surface area contributed by atoms with Gasteiger partial charge in [0, 0.05) is 23.0 Å². The van der Waals surface area contributed by atoms with E-state index in [0.717, 1.165) is 21.6 Å². The van der Waals surface area contributed by atoms with Crippen molar-refractivity contribution in [1.29, 1.82) is 0 Å². The average Bonchev–Trinajstić information content (AvgIpc) is 3.41. The fourth-order valence-corrected chi connectivity index (χ4v) is 4.05. The van der Waals surface area contributed by atoms with E-state index in [-0.39, 0.29) is 0 Å². The van der Waals surface area contributed by atoms with E-state index in [4.69, 9.17) is 4.98 Å². The first-order valence-corrected chi connectivity index (χ1v) is 11.4. The number of hydrogen-bond acceptors (Lipinski definition) is 7. The summed E-state index contributed by atoms with van der Waals surface area (Å²) in [4.78, 5) is 9.21. The first-order valence-electron chi connectivity index (χ1n) is 11.4. The second-order valence-corrected chi connectivity index (χ2v) is 8.73. The number of anilines is 2. The number of imidazole rings is 1. The van der Waals surface area contributed by atoms with Crippen LogP contribution in [0, 0.1) is 13.8 Å². The zero-order chi connectivity index (χ0) is 26.3. The molecule has 4 aromatic heterocycles. The Balaban J connectivity index is 1.52. The van der Waals surface area contributed by atoms with Crippen molar-refractivity contribution >= 4 is 22.5 Å². The van der Waals surface area contributed by atoms with E-state index in [9.17, 15) is 18.3 Å². The Labute approximate surface area is 209 Å². The Hall–Kier alpha value is -4.32. The number of pyridine rings is 1. The molecule has 1 atom stereocenters. The summed E-state index contributed by atoms with van der Waals surface area (Å²) in [5.41, 5.74) is 4.69. The van der Waals surface area contributed by atoms with E-state index in [1.165, 1.54) is 6.20 Å². The first-order chi connectivity index (χ1) is 17.6. The monoisotopic (exact) mass is 508 g/mol. The summed E-state index contributed by atoms with van der Waals surface area (Å²) in [6.07, 6.45) is -2.37. The SMILES string of the molecule is Cc1ccc(Nc2ccc3c(c2)ncn3-c2ccc(C(C)O)c(-c3cn(CC(F)(F)F)nc3C)n2)nn1. The molecular formula is C25H23F3N8O. The lowest BCUT2D eigenvalue weighted by Crippen LogP contribution is -2.17. The molecule has 0 amide bonds. The van der Waals surface area contributed by atoms with Crippen molar-refractivity contribution in [1.82, 2.24) is 34.5 Å². The van der Waals surface area contributed by atoms with Crippen LogP contribution >= 0.6 is 0 Å². The number of alkyl halides is 3. The highest BCUT2D eigenvalue weighted by atomic mass is 19.4. The summed E-state index contributed by atoms with van der Waals surface area (Å²) in [6, 6.07) is 12.7. The van der Waals surface area contributed by atoms with Gasteiger partial charge in [-0.15, -0.1) is 5.10 Å². The van der Waals surface area contributed by atoms with Gasteiger partial charge in [0.25, 0.3) is 0 Å². The van der Waals surface area contributed by atoms with Crippen LogP contribution in [-0.4, -0.2) is 45.8 Å². The molecule has 1 unspecified atom stereocenters. The van der Waals surface area contributed by atoms with Gasteiger partial charge in [-0.25, -0.2) is 9.97 Å². The quantitative estimate of drug-likeness (QED) is 0.331. The van der Waals surface area contributed by atoms with Gasteiger partial charge in [0.1, 0.15) is 18.7 Å². The lowest BCUT2D eigenvalue weighted by atomic mass is 10.0. The number of fused-ring (bicyclic) bond motifs is 1. The molecule has 4 heterocycles. The molecule has 12 heteroatoms. The zero-order valence-electron chi connectivity index (χ0n) is 20.2. The van der Waals surface area contributed by atoms with Crippen LogP contribution < -0.4 is 5.32 Å². The minimum absolute atomic E-state index is 0.358. The summed E-state index contributed by atoms with van der Waals surface area (Å²) >= 11 is 0. The maximum Gasteiger partial charge on any atom is 0.408 e. The van der Waals surface area contributed by atoms with E-state index in [1.54, 1.807) is 36.9 Å². The number of nitrogens with one attached hydrogen (secondary N) is 1. The van der Waals surface area contributed by atoms with Crippen LogP contribution in [0.1, 0.15) is 30.0 Å². The minimum atomic E-state index is -4.41. The van der Waals surface area contributed by atoms with Crippen molar-refractivity contribution < 1.29 is 18.3 Å². The lowest BCUT2D eigenvalue weighted by molar-refractivity contribution is -0.142. The summed E-state index contributed by atoms with van der Waals surface area (Å²) in [5.74, 6) is 1.10. The first kappa shape index (κ1) is 24.4. The zero-order valence-corrected chi connectivity index (χ0v) is 20.2. The van der Waals surface area contributed by atoms with E-state index in [2.05, 4.69) is 25.6 Å². The number of aromatic nitrogens is 7. The smallest absolute Gasteiger partial charge is 0.389 e. The third-order valence-electron chi connectivity index (χ3n) is 5.77. The standard InChI is InChI=1S/C25H23F3N8O/c1-14-4-8-22(33-32-14)30-17-5-7-21-20(10-17)29-13-36(21)23-9-6-18(16(3)37)24(31-23)19-11-35(34-15(19)2)12-25(26,27)28/h4-11,13,16,37H,12H2,1-3H3,(H,30,33). The minimum Gasteiger partial charge on any atom is -0.389 e. The van der Waals surface area contributed by atoms with Gasteiger partial charge in [-0.2, -0.15) is 23.4 Å². The molecule has 0 saturated carbocycles. The number of aliphatic hydroxyl groups is 1. The van der Waals surface area contributed by atoms with E-state index in [1.807, 2.05) is 37.3 Å². The topological polar surface area (TPSA) is 107 Å². The van der Waals surface area contributed by atoms with E-state index in [0.29, 0.717) is 39.7 Å². The van der Waals surface area contributed by atoms with Gasteiger partial charge >= 0.3 is 6.18 Å². The molecule has 5 aromatic rings. The summed E-state index contributed by atoms with van der Waals surface area (Å²) < 4.78 is 41.4. The predicted molar refractivity (Wildman–Crippen MR) is 132 cm³/mol. The third-order valence-corrected chi connectivity index (χ3v) is 5.77. The highest BCUT2D eigenvalue weighted by molar-refractivity contribution is 5.82. The van der Waals surface area contributed by atoms with E-state index >= 15 is 0 Å². The highest BCUT2D eigenvalue weighted by Crippen LogP contribution is 2.31. The Bertz CT molecular complexity index is 1570. The molecule has 9 nitrogen and oxygen atoms in total. The number of rotatable bonds is 6. The van der Waals surface area contributed by atoms with Crippen molar-refractivity contribution in [2.45, 2.75) is 39.6 Å². The molecule has 190 valence electrons. The van der Waals surface area contributed by atoms with Gasteiger partial charge < -0.3 is 10.4 Å². The van der Waals surface area contributed by atoms with Crippen molar-refractivity contribution in [3.63, 3.8) is 0 Å². The molecule has 0 saturated heterocycles. The molecule has 0 fully saturated rings. The van der Waals surface area contributed by atoms with Crippen LogP contribution in [0.2, 0.25) is 0 Å². The number of benzene rings is 1. The molecule has 0 spiro atoms. The normalized spacial score (nSPS) is 12.7. The van der Waals surface area contributed by atoms with Gasteiger partial charge in [0.15, 0.2) is 5.82 Å². The Kier molecular flexibility index (Phi) is 6.12. The Morgan fingerprint density at radius 2 is 1.86 bits per heavy atom. The molecule has 0 aliphatic rings. The number of aryl methyl sites for hydroxylation is 2. The lowest BCUT2D eigenvalue weighted by Gasteiger charge is -2.13. The molecule has 37 heavy (non-hydrogen) atoms. The second-order valence-electron chi connectivity index (χ2n) is 8.73. The summed E-state index contributed by atoms with van der Waals surface area (Å²) in [6.45, 7) is 3.84. The Morgan fingerprint density at radius 3 is 2.57 bits per heavy atom. The van der Waals surface area contributed by atoms with Crippen LogP contribution in [0.15, 0.2) is 55.0 Å². The van der Waals surface area contributed by atoms with Crippen molar-refractivity contribution in [3.8, 4) is 17.1 Å². The molecule has 0 aliphatic heterocycles. The van der Waals surface area contributed by atoms with Crippen LogP contribution in [0.5, 0.6) is 0 Å². The number of hydrogen-bond donors (Lipinski definition) is 2. The van der Waals surface area contributed by atoms with Crippen LogP contribution in [0.25, 0.3) is 28.1 Å². The van der Waals surface area contributed by atoms with Gasteiger partial charge in [0.05, 0.1) is 34.2 Å². The van der Waals surface area contributed by atoms with Crippen molar-refractivity contribution in [3.05, 3.63) is 71.9 Å². The van der Waals surface area contributed by atoms with Crippen LogP contribution in [0.3, 0.4) is 0 Å². The molecule has 2 N–H and O–H groups in total. The highest BCUT2D eigenvalue weighted by Gasteiger charge is 2.29. The number of aliphatic hydroxyl groups excluding tert-OH is 1. The summed E-state index contributed by atoms with van der Waals surface area (Å²) in [7, 11) is 0. The summed E-state index contributed by atoms with van der Waals surface area (Å²) in [5, 5.41) is 25.7. The van der Waals surface area contributed by atoms with E-state index < -0.39 is 18.8 Å². The third kappa shape index (κ3) is 5.14. The molecule has 5 rings (SSSR count). The molecule has 0 radical (unpaired) electrons. The van der Waals surface area contributed by atoms with Gasteiger partial charge in [-0.3, -0.25) is 9.25 Å². The maximum atomic E-state index is 12.9. The fourth-order valence-electron chi connectivity index (χ4n) is 4.05. The average molecular weight is 509 g/mol. The molecular weight excluding hydrogens is 485 g/mol. The molecule has 1 aromatic carbocycles. The number of halogens is 3. The van der Waals surface area contributed by atoms with Gasteiger partial charge in [0.2, 0.25) is 0 Å². The van der Waals surface area contributed by atoms with Crippen molar-refractivity contribution in [2.24, 2.45) is 0 Å². The number of nitrogens with zero attached hydrogens (tertiary/aromatic N) is 7. The van der Waals surface area contributed by atoms with Gasteiger partial charge in [-0.05, 0) is 57.2 Å². The van der Waals surface area contributed by atoms with Gasteiger partial charge in [-0.1, -0.05) is 6.07 Å². The Morgan fingerprint density at radius 1 is 1.05 bits per heavy atom. The molecule has 0 aliphatic carbocycles. The van der Waals surface area contributed by atoms with Crippen LogP contribution in [-0.2, 0) is 6.54 Å².